The van der Waals surface area contributed by atoms with Gasteiger partial charge in [0.2, 0.25) is 5.91 Å². The predicted octanol–water partition coefficient (Wildman–Crippen LogP) is 4.82. The second-order valence-corrected chi connectivity index (χ2v) is 9.27. The van der Waals surface area contributed by atoms with Crippen LogP contribution in [-0.4, -0.2) is 47.5 Å². The lowest BCUT2D eigenvalue weighted by molar-refractivity contribution is -0.137. The molecular formula is C29H29N3O4. The van der Waals surface area contributed by atoms with Crippen LogP contribution in [0.25, 0.3) is 0 Å². The number of anilines is 1. The van der Waals surface area contributed by atoms with Gasteiger partial charge in [-0.2, -0.15) is 0 Å². The predicted molar refractivity (Wildman–Crippen MR) is 140 cm³/mol. The molecule has 0 saturated heterocycles. The van der Waals surface area contributed by atoms with Gasteiger partial charge in [0, 0.05) is 24.2 Å². The maximum Gasteiger partial charge on any atom is 0.303 e. The molecule has 1 unspecified atom stereocenters. The minimum Gasteiger partial charge on any atom is -0.481 e. The van der Waals surface area contributed by atoms with E-state index >= 15 is 0 Å². The lowest BCUT2D eigenvalue weighted by atomic mass is 9.89. The molecule has 0 radical (unpaired) electrons. The van der Waals surface area contributed by atoms with Crippen LogP contribution in [0, 0.1) is 0 Å². The topological polar surface area (TPSA) is 99.1 Å². The minimum atomic E-state index is -0.848. The van der Waals surface area contributed by atoms with E-state index in [-0.39, 0.29) is 18.1 Å². The van der Waals surface area contributed by atoms with Crippen molar-refractivity contribution in [2.24, 2.45) is 4.99 Å². The molecule has 0 bridgehead atoms. The SMILES string of the molecule is CC(=O)c1ccc2c(c1)C(C(=Nc1ccc(CN(C)C)cc1)c1ccc(CCC(=O)O)cc1)C(=O)N2. The molecule has 1 aliphatic rings. The summed E-state index contributed by atoms with van der Waals surface area (Å²) in [6, 6.07) is 20.6. The molecule has 7 nitrogen and oxygen atoms in total. The Hall–Kier alpha value is -4.10. The Morgan fingerprint density at radius 2 is 1.58 bits per heavy atom. The number of aliphatic carboxylic acids is 1. The number of benzene rings is 3. The van der Waals surface area contributed by atoms with E-state index in [0.29, 0.717) is 34.6 Å². The molecule has 1 atom stereocenters. The Morgan fingerprint density at radius 3 is 2.19 bits per heavy atom. The third-order valence-electron chi connectivity index (χ3n) is 6.12. The zero-order chi connectivity index (χ0) is 25.8. The first-order valence-corrected chi connectivity index (χ1v) is 11.8. The van der Waals surface area contributed by atoms with Gasteiger partial charge in [-0.15, -0.1) is 0 Å². The first-order valence-electron chi connectivity index (χ1n) is 11.8. The van der Waals surface area contributed by atoms with Gasteiger partial charge in [-0.25, -0.2) is 0 Å². The standard InChI is InChI=1S/C29H29N3O4/c1-18(33)22-11-14-25-24(16-22)27(29(36)31-25)28(21-9-4-19(5-10-21)8-15-26(34)35)30-23-12-6-20(7-13-23)17-32(2)3/h4-7,9-14,16,27H,8,15,17H2,1-3H3,(H,31,36)(H,34,35). The van der Waals surface area contributed by atoms with E-state index < -0.39 is 11.9 Å². The molecule has 7 heteroatoms. The number of carboxylic acid groups (broad SMARTS) is 1. The molecule has 0 fully saturated rings. The highest BCUT2D eigenvalue weighted by Crippen LogP contribution is 2.37. The average Bonchev–Trinajstić information content (AvgIpc) is 3.17. The second-order valence-electron chi connectivity index (χ2n) is 9.27. The third-order valence-corrected chi connectivity index (χ3v) is 6.12. The molecule has 0 spiro atoms. The van der Waals surface area contributed by atoms with E-state index in [0.717, 1.165) is 23.2 Å². The van der Waals surface area contributed by atoms with Crippen LogP contribution in [-0.2, 0) is 22.6 Å². The molecular weight excluding hydrogens is 454 g/mol. The summed E-state index contributed by atoms with van der Waals surface area (Å²) in [6.07, 6.45) is 0.468. The first-order chi connectivity index (χ1) is 17.2. The zero-order valence-electron chi connectivity index (χ0n) is 20.6. The van der Waals surface area contributed by atoms with Gasteiger partial charge in [0.25, 0.3) is 0 Å². The molecule has 184 valence electrons. The first kappa shape index (κ1) is 25.0. The lowest BCUT2D eigenvalue weighted by Crippen LogP contribution is -2.22. The van der Waals surface area contributed by atoms with Crippen molar-refractivity contribution in [1.82, 2.24) is 4.90 Å². The fourth-order valence-electron chi connectivity index (χ4n) is 4.32. The van der Waals surface area contributed by atoms with Gasteiger partial charge in [0.05, 0.1) is 11.4 Å². The Kier molecular flexibility index (Phi) is 7.41. The van der Waals surface area contributed by atoms with E-state index in [1.54, 1.807) is 18.2 Å². The molecule has 36 heavy (non-hydrogen) atoms. The van der Waals surface area contributed by atoms with Crippen molar-refractivity contribution in [3.05, 3.63) is 94.5 Å². The van der Waals surface area contributed by atoms with Crippen LogP contribution >= 0.6 is 0 Å². The van der Waals surface area contributed by atoms with Gasteiger partial charge in [-0.3, -0.25) is 19.4 Å². The van der Waals surface area contributed by atoms with E-state index in [2.05, 4.69) is 10.2 Å². The quantitative estimate of drug-likeness (QED) is 0.336. The van der Waals surface area contributed by atoms with Gasteiger partial charge in [-0.1, -0.05) is 36.4 Å². The summed E-state index contributed by atoms with van der Waals surface area (Å²) < 4.78 is 0. The van der Waals surface area contributed by atoms with Gasteiger partial charge in [-0.05, 0) is 80.0 Å². The number of hydrogen-bond acceptors (Lipinski definition) is 5. The summed E-state index contributed by atoms with van der Waals surface area (Å²) in [5.41, 5.74) is 6.00. The summed E-state index contributed by atoms with van der Waals surface area (Å²) >= 11 is 0. The number of ketones is 1. The van der Waals surface area contributed by atoms with Crippen molar-refractivity contribution in [2.45, 2.75) is 32.2 Å². The van der Waals surface area contributed by atoms with E-state index in [1.165, 1.54) is 6.92 Å². The number of aryl methyl sites for hydroxylation is 1. The Labute approximate surface area is 210 Å². The van der Waals surface area contributed by atoms with Gasteiger partial charge < -0.3 is 15.3 Å². The van der Waals surface area contributed by atoms with Crippen molar-refractivity contribution < 1.29 is 19.5 Å². The number of carbonyl (C=O) groups excluding carboxylic acids is 2. The number of amides is 1. The number of Topliss-reactive ketones (excluding diaryl/α,β-unsaturated/α-hetero) is 1. The zero-order valence-corrected chi connectivity index (χ0v) is 20.6. The smallest absolute Gasteiger partial charge is 0.303 e. The van der Waals surface area contributed by atoms with Crippen molar-refractivity contribution in [3.8, 4) is 0 Å². The van der Waals surface area contributed by atoms with Crippen LogP contribution < -0.4 is 5.32 Å². The fraction of sp³-hybridized carbons (Fsp3) is 0.241. The summed E-state index contributed by atoms with van der Waals surface area (Å²) in [7, 11) is 4.02. The number of carbonyl (C=O) groups is 3. The van der Waals surface area contributed by atoms with Crippen molar-refractivity contribution in [1.29, 1.82) is 0 Å². The molecule has 0 aliphatic carbocycles. The maximum absolute atomic E-state index is 13.2. The van der Waals surface area contributed by atoms with Crippen LogP contribution in [0.5, 0.6) is 0 Å². The van der Waals surface area contributed by atoms with Gasteiger partial charge >= 0.3 is 5.97 Å². The Balaban J connectivity index is 1.77. The monoisotopic (exact) mass is 483 g/mol. The molecule has 3 aromatic carbocycles. The second kappa shape index (κ2) is 10.7. The summed E-state index contributed by atoms with van der Waals surface area (Å²) in [4.78, 5) is 43.2. The molecule has 0 aromatic heterocycles. The summed E-state index contributed by atoms with van der Waals surface area (Å²) in [5, 5.41) is 11.9. The Morgan fingerprint density at radius 1 is 0.944 bits per heavy atom. The van der Waals surface area contributed by atoms with Crippen LogP contribution in [0.2, 0.25) is 0 Å². The molecule has 2 N–H and O–H groups in total. The number of fused-ring (bicyclic) bond motifs is 1. The molecule has 1 heterocycles. The van der Waals surface area contributed by atoms with Crippen molar-refractivity contribution >= 4 is 34.7 Å². The van der Waals surface area contributed by atoms with E-state index in [9.17, 15) is 14.4 Å². The Bertz CT molecular complexity index is 1330. The molecule has 1 amide bonds. The normalized spacial score (nSPS) is 15.1. The van der Waals surface area contributed by atoms with Crippen LogP contribution in [0.4, 0.5) is 11.4 Å². The van der Waals surface area contributed by atoms with Crippen molar-refractivity contribution in [3.63, 3.8) is 0 Å². The molecule has 3 aromatic rings. The summed E-state index contributed by atoms with van der Waals surface area (Å²) in [6.45, 7) is 2.31. The number of hydrogen-bond donors (Lipinski definition) is 2. The minimum absolute atomic E-state index is 0.0474. The van der Waals surface area contributed by atoms with E-state index in [1.807, 2.05) is 62.6 Å². The lowest BCUT2D eigenvalue weighted by Gasteiger charge is -2.15. The fourth-order valence-corrected chi connectivity index (χ4v) is 4.32. The summed E-state index contributed by atoms with van der Waals surface area (Å²) in [5.74, 6) is -1.82. The number of nitrogens with one attached hydrogen (secondary N) is 1. The number of rotatable bonds is 9. The number of aliphatic imine (C=N–C) groups is 1. The van der Waals surface area contributed by atoms with Crippen LogP contribution in [0.15, 0.2) is 71.7 Å². The highest BCUT2D eigenvalue weighted by molar-refractivity contribution is 6.24. The van der Waals surface area contributed by atoms with Gasteiger partial charge in [0.15, 0.2) is 5.78 Å². The van der Waals surface area contributed by atoms with Crippen LogP contribution in [0.1, 0.15) is 51.9 Å². The largest absolute Gasteiger partial charge is 0.481 e. The van der Waals surface area contributed by atoms with Crippen molar-refractivity contribution in [2.75, 3.05) is 19.4 Å². The van der Waals surface area contributed by atoms with E-state index in [4.69, 9.17) is 10.1 Å². The third kappa shape index (κ3) is 5.75. The number of carboxylic acids is 1. The van der Waals surface area contributed by atoms with Gasteiger partial charge in [0.1, 0.15) is 5.92 Å². The highest BCUT2D eigenvalue weighted by atomic mass is 16.4. The molecule has 4 rings (SSSR count). The number of nitrogens with zero attached hydrogens (tertiary/aromatic N) is 2. The highest BCUT2D eigenvalue weighted by Gasteiger charge is 2.36. The van der Waals surface area contributed by atoms with Crippen LogP contribution in [0.3, 0.4) is 0 Å². The molecule has 1 aliphatic heterocycles. The molecule has 0 saturated carbocycles. The average molecular weight is 484 g/mol. The maximum atomic E-state index is 13.2.